The highest BCUT2D eigenvalue weighted by Crippen LogP contribution is 2.24. The van der Waals surface area contributed by atoms with E-state index in [1.165, 1.54) is 0 Å². The van der Waals surface area contributed by atoms with Crippen molar-refractivity contribution in [3.8, 4) is 0 Å². The maximum atomic E-state index is 12.5. The third-order valence-corrected chi connectivity index (χ3v) is 3.37. The lowest BCUT2D eigenvalue weighted by Gasteiger charge is -2.34. The summed E-state index contributed by atoms with van der Waals surface area (Å²) in [5.74, 6) is -0.437. The van der Waals surface area contributed by atoms with Gasteiger partial charge in [-0.3, -0.25) is 4.79 Å². The average molecular weight is 263 g/mol. The molecular formula is C16H25NO2. The minimum atomic E-state index is -0.756. The number of carbonyl (C=O) groups is 1. The van der Waals surface area contributed by atoms with Crippen LogP contribution in [0.2, 0.25) is 0 Å². The molecule has 0 spiro atoms. The van der Waals surface area contributed by atoms with E-state index >= 15 is 0 Å². The Balaban J connectivity index is 2.87. The second kappa shape index (κ2) is 6.71. The van der Waals surface area contributed by atoms with Crippen LogP contribution in [0, 0.1) is 5.92 Å². The molecule has 0 fully saturated rings. The number of hydrogen-bond acceptors (Lipinski definition) is 2. The van der Waals surface area contributed by atoms with Gasteiger partial charge < -0.3 is 10.0 Å². The molecule has 1 aromatic carbocycles. The Morgan fingerprint density at radius 3 is 1.89 bits per heavy atom. The van der Waals surface area contributed by atoms with Crippen molar-refractivity contribution in [2.24, 2.45) is 5.92 Å². The summed E-state index contributed by atoms with van der Waals surface area (Å²) in [4.78, 5) is 14.3. The van der Waals surface area contributed by atoms with Crippen molar-refractivity contribution < 1.29 is 9.90 Å². The summed E-state index contributed by atoms with van der Waals surface area (Å²) in [6.45, 7) is 9.79. The fourth-order valence-corrected chi connectivity index (χ4v) is 2.41. The molecule has 0 saturated heterocycles. The van der Waals surface area contributed by atoms with E-state index in [0.29, 0.717) is 0 Å². The molecule has 0 heterocycles. The molecule has 3 heteroatoms. The second-order valence-electron chi connectivity index (χ2n) is 5.58. The minimum Gasteiger partial charge on any atom is -0.388 e. The minimum absolute atomic E-state index is 0.00125. The molecule has 3 nitrogen and oxygen atoms in total. The lowest BCUT2D eigenvalue weighted by Crippen LogP contribution is -2.45. The Hall–Kier alpha value is -1.35. The molecule has 0 aromatic heterocycles. The van der Waals surface area contributed by atoms with Crippen molar-refractivity contribution in [3.05, 3.63) is 35.9 Å². The maximum Gasteiger partial charge on any atom is 0.228 e. The van der Waals surface area contributed by atoms with Crippen molar-refractivity contribution in [1.29, 1.82) is 0 Å². The van der Waals surface area contributed by atoms with E-state index in [1.54, 1.807) is 6.92 Å². The molecule has 1 N–H and O–H groups in total. The number of hydrogen-bond donors (Lipinski definition) is 1. The predicted octanol–water partition coefficient (Wildman–Crippen LogP) is 3.00. The predicted molar refractivity (Wildman–Crippen MR) is 77.7 cm³/mol. The largest absolute Gasteiger partial charge is 0.388 e. The monoisotopic (exact) mass is 263 g/mol. The molecule has 0 saturated carbocycles. The van der Waals surface area contributed by atoms with E-state index in [2.05, 4.69) is 0 Å². The summed E-state index contributed by atoms with van der Waals surface area (Å²) in [5.41, 5.74) is 0.788. The fraction of sp³-hybridized carbons (Fsp3) is 0.562. The van der Waals surface area contributed by atoms with Crippen molar-refractivity contribution in [3.63, 3.8) is 0 Å². The van der Waals surface area contributed by atoms with Crippen molar-refractivity contribution in [1.82, 2.24) is 4.90 Å². The van der Waals surface area contributed by atoms with Crippen LogP contribution in [0.15, 0.2) is 30.3 Å². The van der Waals surface area contributed by atoms with Gasteiger partial charge in [0.15, 0.2) is 0 Å². The van der Waals surface area contributed by atoms with Gasteiger partial charge in [0.2, 0.25) is 5.91 Å². The molecule has 2 atom stereocenters. The van der Waals surface area contributed by atoms with E-state index < -0.39 is 12.0 Å². The van der Waals surface area contributed by atoms with E-state index in [0.717, 1.165) is 5.56 Å². The first-order chi connectivity index (χ1) is 8.86. The fourth-order valence-electron chi connectivity index (χ4n) is 2.41. The van der Waals surface area contributed by atoms with Crippen LogP contribution in [0.4, 0.5) is 0 Å². The van der Waals surface area contributed by atoms with Crippen LogP contribution in [0.25, 0.3) is 0 Å². The number of rotatable bonds is 5. The Morgan fingerprint density at radius 1 is 1.00 bits per heavy atom. The van der Waals surface area contributed by atoms with E-state index in [-0.39, 0.29) is 18.0 Å². The number of aliphatic hydroxyl groups is 1. The van der Waals surface area contributed by atoms with Crippen LogP contribution in [0.3, 0.4) is 0 Å². The van der Waals surface area contributed by atoms with Gasteiger partial charge in [-0.1, -0.05) is 37.3 Å². The SMILES string of the molecule is CC(C)N(C(=O)[C@@H](C)[C@@H](O)c1ccccc1)C(C)C. The van der Waals surface area contributed by atoms with Gasteiger partial charge in [0.05, 0.1) is 12.0 Å². The molecule has 0 radical (unpaired) electrons. The van der Waals surface area contributed by atoms with Gasteiger partial charge in [0, 0.05) is 12.1 Å². The number of nitrogens with zero attached hydrogens (tertiary/aromatic N) is 1. The van der Waals surface area contributed by atoms with Crippen LogP contribution in [-0.4, -0.2) is 28.0 Å². The van der Waals surface area contributed by atoms with Gasteiger partial charge in [-0.15, -0.1) is 0 Å². The van der Waals surface area contributed by atoms with Crippen LogP contribution in [0.1, 0.15) is 46.3 Å². The van der Waals surface area contributed by atoms with Gasteiger partial charge in [0.25, 0.3) is 0 Å². The van der Waals surface area contributed by atoms with Crippen LogP contribution in [-0.2, 0) is 4.79 Å². The zero-order valence-electron chi connectivity index (χ0n) is 12.5. The van der Waals surface area contributed by atoms with Crippen molar-refractivity contribution >= 4 is 5.91 Å². The molecule has 0 aliphatic carbocycles. The van der Waals surface area contributed by atoms with Crippen molar-refractivity contribution in [2.75, 3.05) is 0 Å². The molecule has 106 valence electrons. The topological polar surface area (TPSA) is 40.5 Å². The first kappa shape index (κ1) is 15.7. The summed E-state index contributed by atoms with van der Waals surface area (Å²) < 4.78 is 0. The first-order valence-electron chi connectivity index (χ1n) is 6.91. The average Bonchev–Trinajstić information content (AvgIpc) is 2.37. The molecule has 0 bridgehead atoms. The molecule has 19 heavy (non-hydrogen) atoms. The third kappa shape index (κ3) is 3.80. The maximum absolute atomic E-state index is 12.5. The van der Waals surface area contributed by atoms with E-state index in [4.69, 9.17) is 0 Å². The third-order valence-electron chi connectivity index (χ3n) is 3.37. The van der Waals surface area contributed by atoms with Gasteiger partial charge >= 0.3 is 0 Å². The van der Waals surface area contributed by atoms with Gasteiger partial charge in [-0.05, 0) is 33.3 Å². The number of aliphatic hydroxyl groups excluding tert-OH is 1. The first-order valence-corrected chi connectivity index (χ1v) is 6.91. The van der Waals surface area contributed by atoms with Gasteiger partial charge in [0.1, 0.15) is 0 Å². The quantitative estimate of drug-likeness (QED) is 0.887. The van der Waals surface area contributed by atoms with Gasteiger partial charge in [-0.25, -0.2) is 0 Å². The second-order valence-corrected chi connectivity index (χ2v) is 5.58. The summed E-state index contributed by atoms with van der Waals surface area (Å²) >= 11 is 0. The van der Waals surface area contributed by atoms with E-state index in [1.807, 2.05) is 62.9 Å². The summed E-state index contributed by atoms with van der Waals surface area (Å²) in [6.07, 6.45) is -0.756. The van der Waals surface area contributed by atoms with Crippen molar-refractivity contribution in [2.45, 2.75) is 52.8 Å². The molecule has 0 aliphatic heterocycles. The Labute approximate surface area is 116 Å². The molecule has 1 rings (SSSR count). The Kier molecular flexibility index (Phi) is 5.55. The molecule has 0 unspecified atom stereocenters. The highest BCUT2D eigenvalue weighted by Gasteiger charge is 2.30. The standard InChI is InChI=1S/C16H25NO2/c1-11(2)17(12(3)4)16(19)13(5)15(18)14-9-7-6-8-10-14/h6-13,15,18H,1-5H3/t13-,15+/m0/s1. The smallest absolute Gasteiger partial charge is 0.228 e. The zero-order valence-corrected chi connectivity index (χ0v) is 12.5. The Bertz CT molecular complexity index is 392. The molecular weight excluding hydrogens is 238 g/mol. The summed E-state index contributed by atoms with van der Waals surface area (Å²) in [5, 5.41) is 10.3. The number of carbonyl (C=O) groups excluding carboxylic acids is 1. The highest BCUT2D eigenvalue weighted by molar-refractivity contribution is 5.79. The number of benzene rings is 1. The lowest BCUT2D eigenvalue weighted by molar-refractivity contribution is -0.142. The van der Waals surface area contributed by atoms with Crippen LogP contribution < -0.4 is 0 Å². The highest BCUT2D eigenvalue weighted by atomic mass is 16.3. The summed E-state index contributed by atoms with van der Waals surface area (Å²) in [7, 11) is 0. The normalized spacial score (nSPS) is 14.5. The van der Waals surface area contributed by atoms with E-state index in [9.17, 15) is 9.90 Å². The zero-order chi connectivity index (χ0) is 14.6. The summed E-state index contributed by atoms with van der Waals surface area (Å²) in [6, 6.07) is 9.62. The molecule has 1 amide bonds. The molecule has 0 aliphatic rings. The van der Waals surface area contributed by atoms with Crippen LogP contribution in [0.5, 0.6) is 0 Å². The molecule has 1 aromatic rings. The lowest BCUT2D eigenvalue weighted by atomic mass is 9.95. The van der Waals surface area contributed by atoms with Crippen LogP contribution >= 0.6 is 0 Å². The number of amides is 1. The Morgan fingerprint density at radius 2 is 1.47 bits per heavy atom. The van der Waals surface area contributed by atoms with Gasteiger partial charge in [-0.2, -0.15) is 0 Å².